The van der Waals surface area contributed by atoms with Gasteiger partial charge < -0.3 is 0 Å². The van der Waals surface area contributed by atoms with Crippen molar-refractivity contribution in [2.45, 2.75) is 6.92 Å². The van der Waals surface area contributed by atoms with E-state index in [-0.39, 0.29) is 0 Å². The molecule has 0 unspecified atom stereocenters. The highest BCUT2D eigenvalue weighted by Gasteiger charge is 2.07. The van der Waals surface area contributed by atoms with E-state index in [0.717, 1.165) is 16.6 Å². The van der Waals surface area contributed by atoms with E-state index in [1.165, 1.54) is 0 Å². The second-order valence-corrected chi connectivity index (χ2v) is 4.06. The van der Waals surface area contributed by atoms with Crippen molar-refractivity contribution < 1.29 is 0 Å². The van der Waals surface area contributed by atoms with Crippen molar-refractivity contribution in [1.82, 2.24) is 14.8 Å². The molecule has 0 saturated carbocycles. The lowest BCUT2D eigenvalue weighted by molar-refractivity contribution is 0.837. The second-order valence-electron chi connectivity index (χ2n) is 4.06. The molecule has 86 valence electrons. The summed E-state index contributed by atoms with van der Waals surface area (Å²) >= 11 is 0. The van der Waals surface area contributed by atoms with Gasteiger partial charge in [0.2, 0.25) is 0 Å². The number of pyridine rings is 1. The summed E-state index contributed by atoms with van der Waals surface area (Å²) in [6.07, 6.45) is 1.84. The Labute approximate surface area is 104 Å². The summed E-state index contributed by atoms with van der Waals surface area (Å²) in [6.45, 7) is 1.92. The fourth-order valence-corrected chi connectivity index (χ4v) is 1.91. The van der Waals surface area contributed by atoms with Gasteiger partial charge in [0.25, 0.3) is 0 Å². The zero-order valence-electron chi connectivity index (χ0n) is 9.83. The molecule has 0 atom stereocenters. The van der Waals surface area contributed by atoms with E-state index >= 15 is 0 Å². The van der Waals surface area contributed by atoms with E-state index in [1.54, 1.807) is 10.7 Å². The van der Waals surface area contributed by atoms with Crippen LogP contribution in [0, 0.1) is 18.3 Å². The van der Waals surface area contributed by atoms with E-state index in [1.807, 2.05) is 43.5 Å². The molecule has 3 aromatic rings. The van der Waals surface area contributed by atoms with Gasteiger partial charge in [0.1, 0.15) is 0 Å². The van der Waals surface area contributed by atoms with Crippen molar-refractivity contribution in [3.63, 3.8) is 0 Å². The van der Waals surface area contributed by atoms with Gasteiger partial charge in [-0.1, -0.05) is 18.2 Å². The molecule has 0 spiro atoms. The van der Waals surface area contributed by atoms with Crippen molar-refractivity contribution in [2.24, 2.45) is 0 Å². The lowest BCUT2D eigenvalue weighted by atomic mass is 10.1. The highest BCUT2D eigenvalue weighted by Crippen LogP contribution is 2.19. The number of nitriles is 1. The second kappa shape index (κ2) is 3.97. The molecular weight excluding hydrogens is 224 g/mol. The SMILES string of the molecule is Cc1ccn(-c2cc(C#N)c3ccccc3n2)n1. The van der Waals surface area contributed by atoms with Gasteiger partial charge in [0.15, 0.2) is 5.82 Å². The molecule has 0 N–H and O–H groups in total. The molecule has 0 fully saturated rings. The van der Waals surface area contributed by atoms with Crippen LogP contribution in [0.3, 0.4) is 0 Å². The van der Waals surface area contributed by atoms with Crippen LogP contribution < -0.4 is 0 Å². The predicted molar refractivity (Wildman–Crippen MR) is 68.3 cm³/mol. The Morgan fingerprint density at radius 3 is 2.78 bits per heavy atom. The van der Waals surface area contributed by atoms with Gasteiger partial charge in [-0.3, -0.25) is 0 Å². The first-order valence-corrected chi connectivity index (χ1v) is 5.60. The third-order valence-corrected chi connectivity index (χ3v) is 2.78. The molecule has 0 radical (unpaired) electrons. The number of hydrogen-bond donors (Lipinski definition) is 0. The van der Waals surface area contributed by atoms with E-state index in [4.69, 9.17) is 0 Å². The first kappa shape index (κ1) is 10.5. The summed E-state index contributed by atoms with van der Waals surface area (Å²) in [5.74, 6) is 0.665. The van der Waals surface area contributed by atoms with Crippen molar-refractivity contribution >= 4 is 10.9 Å². The molecule has 4 nitrogen and oxygen atoms in total. The number of nitrogens with zero attached hydrogens (tertiary/aromatic N) is 4. The molecule has 1 aromatic carbocycles. The first-order chi connectivity index (χ1) is 8.78. The average Bonchev–Trinajstić information content (AvgIpc) is 2.84. The summed E-state index contributed by atoms with van der Waals surface area (Å²) in [5.41, 5.74) is 2.34. The van der Waals surface area contributed by atoms with Gasteiger partial charge in [-0.15, -0.1) is 0 Å². The minimum absolute atomic E-state index is 0.615. The van der Waals surface area contributed by atoms with Gasteiger partial charge >= 0.3 is 0 Å². The molecule has 4 heteroatoms. The molecular formula is C14H10N4. The van der Waals surface area contributed by atoms with Crippen LogP contribution in [0.1, 0.15) is 11.3 Å². The van der Waals surface area contributed by atoms with Crippen molar-refractivity contribution in [3.05, 3.63) is 53.9 Å². The Balaban J connectivity index is 2.29. The Bertz CT molecular complexity index is 765. The normalized spacial score (nSPS) is 10.4. The summed E-state index contributed by atoms with van der Waals surface area (Å²) in [7, 11) is 0. The Morgan fingerprint density at radius 2 is 2.06 bits per heavy atom. The fourth-order valence-electron chi connectivity index (χ4n) is 1.91. The number of para-hydroxylation sites is 1. The van der Waals surface area contributed by atoms with E-state index < -0.39 is 0 Å². The zero-order valence-corrected chi connectivity index (χ0v) is 9.83. The Morgan fingerprint density at radius 1 is 1.22 bits per heavy atom. The average molecular weight is 234 g/mol. The highest BCUT2D eigenvalue weighted by atomic mass is 15.3. The molecule has 0 saturated heterocycles. The lowest BCUT2D eigenvalue weighted by Gasteiger charge is -2.04. The first-order valence-electron chi connectivity index (χ1n) is 5.60. The maximum atomic E-state index is 9.20. The molecule has 0 aliphatic carbocycles. The molecule has 2 heterocycles. The van der Waals surface area contributed by atoms with Gasteiger partial charge in [-0.05, 0) is 19.1 Å². The minimum Gasteiger partial charge on any atom is -0.229 e. The largest absolute Gasteiger partial charge is 0.229 e. The molecule has 2 aromatic heterocycles. The molecule has 0 amide bonds. The number of aromatic nitrogens is 3. The smallest absolute Gasteiger partial charge is 0.155 e. The maximum Gasteiger partial charge on any atom is 0.155 e. The number of aryl methyl sites for hydroxylation is 1. The number of benzene rings is 1. The third kappa shape index (κ3) is 1.62. The molecule has 0 bridgehead atoms. The standard InChI is InChI=1S/C14H10N4/c1-10-6-7-18(17-10)14-8-11(9-15)12-4-2-3-5-13(12)16-14/h2-8H,1H3. The van der Waals surface area contributed by atoms with Crippen LogP contribution in [0.5, 0.6) is 0 Å². The van der Waals surface area contributed by atoms with Gasteiger partial charge in [0, 0.05) is 17.6 Å². The van der Waals surface area contributed by atoms with E-state index in [0.29, 0.717) is 11.4 Å². The fraction of sp³-hybridized carbons (Fsp3) is 0.0714. The zero-order chi connectivity index (χ0) is 12.5. The summed E-state index contributed by atoms with van der Waals surface area (Å²) in [4.78, 5) is 4.52. The van der Waals surface area contributed by atoms with Gasteiger partial charge in [-0.2, -0.15) is 10.4 Å². The summed E-state index contributed by atoms with van der Waals surface area (Å²) in [5, 5.41) is 14.4. The highest BCUT2D eigenvalue weighted by molar-refractivity contribution is 5.85. The summed E-state index contributed by atoms with van der Waals surface area (Å²) in [6, 6.07) is 13.5. The van der Waals surface area contributed by atoms with Crippen molar-refractivity contribution in [1.29, 1.82) is 5.26 Å². The van der Waals surface area contributed by atoms with Gasteiger partial charge in [0.05, 0.1) is 22.8 Å². The number of fused-ring (bicyclic) bond motifs is 1. The van der Waals surface area contributed by atoms with Crippen LogP contribution in [0.4, 0.5) is 0 Å². The number of hydrogen-bond acceptors (Lipinski definition) is 3. The van der Waals surface area contributed by atoms with Crippen molar-refractivity contribution in [3.8, 4) is 11.9 Å². The molecule has 0 aliphatic rings. The molecule has 0 aliphatic heterocycles. The lowest BCUT2D eigenvalue weighted by Crippen LogP contribution is -2.00. The van der Waals surface area contributed by atoms with E-state index in [9.17, 15) is 5.26 Å². The Kier molecular flexibility index (Phi) is 2.31. The monoisotopic (exact) mass is 234 g/mol. The third-order valence-electron chi connectivity index (χ3n) is 2.78. The maximum absolute atomic E-state index is 9.20. The van der Waals surface area contributed by atoms with Crippen molar-refractivity contribution in [2.75, 3.05) is 0 Å². The van der Waals surface area contributed by atoms with Gasteiger partial charge in [-0.25, -0.2) is 9.67 Å². The molecule has 18 heavy (non-hydrogen) atoms. The van der Waals surface area contributed by atoms with E-state index in [2.05, 4.69) is 16.2 Å². The summed E-state index contributed by atoms with van der Waals surface area (Å²) < 4.78 is 1.68. The minimum atomic E-state index is 0.615. The van der Waals surface area contributed by atoms with Crippen LogP contribution >= 0.6 is 0 Å². The molecule has 3 rings (SSSR count). The van der Waals surface area contributed by atoms with Crippen LogP contribution in [-0.4, -0.2) is 14.8 Å². The van der Waals surface area contributed by atoms with Crippen LogP contribution in [-0.2, 0) is 0 Å². The Hall–Kier alpha value is -2.67. The van der Waals surface area contributed by atoms with Crippen LogP contribution in [0.15, 0.2) is 42.6 Å². The predicted octanol–water partition coefficient (Wildman–Crippen LogP) is 2.60. The quantitative estimate of drug-likeness (QED) is 0.650. The number of rotatable bonds is 1. The topological polar surface area (TPSA) is 54.5 Å². The van der Waals surface area contributed by atoms with Crippen LogP contribution in [0.2, 0.25) is 0 Å². The van der Waals surface area contributed by atoms with Crippen LogP contribution in [0.25, 0.3) is 16.7 Å².